The van der Waals surface area contributed by atoms with Gasteiger partial charge >= 0.3 is 0 Å². The Morgan fingerprint density at radius 1 is 1.13 bits per heavy atom. The molecule has 1 aliphatic rings. The lowest BCUT2D eigenvalue weighted by molar-refractivity contribution is 0.0746. The van der Waals surface area contributed by atoms with Crippen LogP contribution < -0.4 is 9.64 Å². The highest BCUT2D eigenvalue weighted by molar-refractivity contribution is 7.98. The molecule has 0 saturated carbocycles. The third-order valence-electron chi connectivity index (χ3n) is 5.52. The summed E-state index contributed by atoms with van der Waals surface area (Å²) in [4.78, 5) is 23.3. The zero-order valence-electron chi connectivity index (χ0n) is 18.2. The molecule has 0 bridgehead atoms. The first-order valence-corrected chi connectivity index (χ1v) is 12.9. The Morgan fingerprint density at radius 3 is 2.74 bits per heavy atom. The molecule has 2 heterocycles. The molecule has 1 fully saturated rings. The SMILES string of the molecule is CCCCCOc1cccc(C(=O)N2CCN(c3nc4ccc(SC)cc4s3)CC2)c1. The molecule has 31 heavy (non-hydrogen) atoms. The van der Waals surface area contributed by atoms with Crippen LogP contribution in [0.1, 0.15) is 36.5 Å². The number of hydrogen-bond donors (Lipinski definition) is 0. The summed E-state index contributed by atoms with van der Waals surface area (Å²) in [5.41, 5.74) is 1.75. The van der Waals surface area contributed by atoms with Crippen molar-refractivity contribution in [1.29, 1.82) is 0 Å². The molecule has 1 aliphatic heterocycles. The Kier molecular flexibility index (Phi) is 7.35. The van der Waals surface area contributed by atoms with E-state index >= 15 is 0 Å². The largest absolute Gasteiger partial charge is 0.494 e. The summed E-state index contributed by atoms with van der Waals surface area (Å²) in [5, 5.41) is 1.04. The Balaban J connectivity index is 1.36. The standard InChI is InChI=1S/C24H29N3O2S2/c1-3-4-5-15-29-19-8-6-7-18(16-19)23(28)26-11-13-27(14-12-26)24-25-21-10-9-20(30-2)17-22(21)31-24/h6-10,16-17H,3-5,11-15H2,1-2H3. The molecule has 7 heteroatoms. The second kappa shape index (κ2) is 10.4. The van der Waals surface area contributed by atoms with Crippen molar-refractivity contribution in [2.24, 2.45) is 0 Å². The maximum atomic E-state index is 13.0. The second-order valence-corrected chi connectivity index (χ2v) is 9.58. The summed E-state index contributed by atoms with van der Waals surface area (Å²) in [6.07, 6.45) is 5.47. The number of fused-ring (bicyclic) bond motifs is 1. The molecule has 3 aromatic rings. The summed E-state index contributed by atoms with van der Waals surface area (Å²) in [6.45, 7) is 5.88. The van der Waals surface area contributed by atoms with E-state index in [9.17, 15) is 4.79 Å². The van der Waals surface area contributed by atoms with Crippen molar-refractivity contribution in [2.45, 2.75) is 31.1 Å². The van der Waals surface area contributed by atoms with E-state index in [1.54, 1.807) is 23.1 Å². The molecule has 1 amide bonds. The van der Waals surface area contributed by atoms with Crippen LogP contribution in [0.2, 0.25) is 0 Å². The molecule has 0 N–H and O–H groups in total. The molecule has 0 spiro atoms. The Labute approximate surface area is 192 Å². The molecular weight excluding hydrogens is 426 g/mol. The van der Waals surface area contributed by atoms with Crippen molar-refractivity contribution >= 4 is 44.4 Å². The summed E-state index contributed by atoms with van der Waals surface area (Å²) in [6, 6.07) is 14.0. The van der Waals surface area contributed by atoms with Crippen LogP contribution in [-0.2, 0) is 0 Å². The molecule has 0 aliphatic carbocycles. The number of amides is 1. The highest BCUT2D eigenvalue weighted by Crippen LogP contribution is 2.32. The predicted octanol–water partition coefficient (Wildman–Crippen LogP) is 5.55. The Morgan fingerprint density at radius 2 is 1.97 bits per heavy atom. The first kappa shape index (κ1) is 22.0. The lowest BCUT2D eigenvalue weighted by Crippen LogP contribution is -2.48. The number of ether oxygens (including phenoxy) is 1. The van der Waals surface area contributed by atoms with Crippen molar-refractivity contribution < 1.29 is 9.53 Å². The molecule has 0 radical (unpaired) electrons. The van der Waals surface area contributed by atoms with Gasteiger partial charge in [-0.05, 0) is 49.1 Å². The van der Waals surface area contributed by atoms with E-state index in [2.05, 4.69) is 36.3 Å². The van der Waals surface area contributed by atoms with Gasteiger partial charge in [0.15, 0.2) is 5.13 Å². The fraction of sp³-hybridized carbons (Fsp3) is 0.417. The molecule has 1 saturated heterocycles. The van der Waals surface area contributed by atoms with Gasteiger partial charge in [-0.3, -0.25) is 4.79 Å². The Hall–Kier alpha value is -2.25. The number of carbonyl (C=O) groups excluding carboxylic acids is 1. The van der Waals surface area contributed by atoms with Gasteiger partial charge in [0.2, 0.25) is 0 Å². The Bertz CT molecular complexity index is 1030. The van der Waals surface area contributed by atoms with Crippen LogP contribution in [0.4, 0.5) is 5.13 Å². The lowest BCUT2D eigenvalue weighted by Gasteiger charge is -2.34. The average molecular weight is 456 g/mol. The fourth-order valence-electron chi connectivity index (χ4n) is 3.70. The summed E-state index contributed by atoms with van der Waals surface area (Å²) < 4.78 is 7.04. The average Bonchev–Trinajstić information content (AvgIpc) is 3.25. The zero-order valence-corrected chi connectivity index (χ0v) is 19.8. The van der Waals surface area contributed by atoms with Gasteiger partial charge in [0.1, 0.15) is 5.75 Å². The monoisotopic (exact) mass is 455 g/mol. The number of rotatable bonds is 8. The quantitative estimate of drug-likeness (QED) is 0.329. The maximum Gasteiger partial charge on any atom is 0.254 e. The van der Waals surface area contributed by atoms with E-state index in [1.165, 1.54) is 16.0 Å². The number of carbonyl (C=O) groups is 1. The highest BCUT2D eigenvalue weighted by atomic mass is 32.2. The van der Waals surface area contributed by atoms with Crippen molar-refractivity contribution in [2.75, 3.05) is 43.9 Å². The molecule has 164 valence electrons. The molecule has 5 nitrogen and oxygen atoms in total. The number of piperazine rings is 1. The number of anilines is 1. The number of nitrogens with zero attached hydrogens (tertiary/aromatic N) is 3. The fourth-order valence-corrected chi connectivity index (χ4v) is 5.27. The van der Waals surface area contributed by atoms with Crippen LogP contribution >= 0.6 is 23.1 Å². The predicted molar refractivity (Wildman–Crippen MR) is 131 cm³/mol. The van der Waals surface area contributed by atoms with E-state index in [0.29, 0.717) is 25.3 Å². The third-order valence-corrected chi connectivity index (χ3v) is 7.32. The normalized spacial score (nSPS) is 14.3. The second-order valence-electron chi connectivity index (χ2n) is 7.69. The van der Waals surface area contributed by atoms with Crippen molar-refractivity contribution in [3.05, 3.63) is 48.0 Å². The van der Waals surface area contributed by atoms with E-state index in [4.69, 9.17) is 9.72 Å². The number of hydrogen-bond acceptors (Lipinski definition) is 6. The topological polar surface area (TPSA) is 45.7 Å². The van der Waals surface area contributed by atoms with Gasteiger partial charge in [0.25, 0.3) is 5.91 Å². The maximum absolute atomic E-state index is 13.0. The van der Waals surface area contributed by atoms with Crippen LogP contribution in [0.3, 0.4) is 0 Å². The van der Waals surface area contributed by atoms with Crippen LogP contribution in [-0.4, -0.2) is 54.8 Å². The van der Waals surface area contributed by atoms with Crippen LogP contribution in [0.25, 0.3) is 10.2 Å². The number of benzene rings is 2. The smallest absolute Gasteiger partial charge is 0.254 e. The van der Waals surface area contributed by atoms with Gasteiger partial charge in [-0.1, -0.05) is 37.2 Å². The van der Waals surface area contributed by atoms with Gasteiger partial charge in [0, 0.05) is 36.6 Å². The molecule has 0 atom stereocenters. The number of thioether (sulfide) groups is 1. The van der Waals surface area contributed by atoms with Crippen LogP contribution in [0.15, 0.2) is 47.4 Å². The zero-order chi connectivity index (χ0) is 21.6. The van der Waals surface area contributed by atoms with Gasteiger partial charge in [-0.25, -0.2) is 4.98 Å². The van der Waals surface area contributed by atoms with Gasteiger partial charge in [0.05, 0.1) is 16.8 Å². The van der Waals surface area contributed by atoms with Crippen molar-refractivity contribution in [1.82, 2.24) is 9.88 Å². The van der Waals surface area contributed by atoms with E-state index in [0.717, 1.165) is 42.3 Å². The van der Waals surface area contributed by atoms with E-state index in [-0.39, 0.29) is 5.91 Å². The molecule has 1 aromatic heterocycles. The number of thiazole rings is 1. The summed E-state index contributed by atoms with van der Waals surface area (Å²) >= 11 is 3.48. The summed E-state index contributed by atoms with van der Waals surface area (Å²) in [5.74, 6) is 0.854. The number of aromatic nitrogens is 1. The third kappa shape index (κ3) is 5.33. The first-order chi connectivity index (χ1) is 15.2. The molecule has 0 unspecified atom stereocenters. The minimum Gasteiger partial charge on any atom is -0.494 e. The minimum atomic E-state index is 0.0765. The van der Waals surface area contributed by atoms with Crippen molar-refractivity contribution in [3.63, 3.8) is 0 Å². The van der Waals surface area contributed by atoms with Crippen LogP contribution in [0, 0.1) is 0 Å². The van der Waals surface area contributed by atoms with Crippen molar-refractivity contribution in [3.8, 4) is 5.75 Å². The van der Waals surface area contributed by atoms with Gasteiger partial charge < -0.3 is 14.5 Å². The molecule has 2 aromatic carbocycles. The van der Waals surface area contributed by atoms with E-state index < -0.39 is 0 Å². The first-order valence-electron chi connectivity index (χ1n) is 10.9. The summed E-state index contributed by atoms with van der Waals surface area (Å²) in [7, 11) is 0. The van der Waals surface area contributed by atoms with Gasteiger partial charge in [-0.2, -0.15) is 0 Å². The molecular formula is C24H29N3O2S2. The highest BCUT2D eigenvalue weighted by Gasteiger charge is 2.24. The minimum absolute atomic E-state index is 0.0765. The van der Waals surface area contributed by atoms with E-state index in [1.807, 2.05) is 29.2 Å². The number of unbranched alkanes of at least 4 members (excludes halogenated alkanes) is 2. The van der Waals surface area contributed by atoms with Crippen LogP contribution in [0.5, 0.6) is 5.75 Å². The molecule has 4 rings (SSSR count). The lowest BCUT2D eigenvalue weighted by atomic mass is 10.1. The van der Waals surface area contributed by atoms with Gasteiger partial charge in [-0.15, -0.1) is 11.8 Å².